The average molecular weight is 276 g/mol. The largest absolute Gasteiger partial charge is 0.374 e. The summed E-state index contributed by atoms with van der Waals surface area (Å²) in [6.07, 6.45) is 0. The third kappa shape index (κ3) is 2.59. The summed E-state index contributed by atoms with van der Waals surface area (Å²) in [6.45, 7) is 0. The Balaban J connectivity index is 2.40. The van der Waals surface area contributed by atoms with Crippen molar-refractivity contribution >= 4 is 32.6 Å². The van der Waals surface area contributed by atoms with Gasteiger partial charge in [0.05, 0.1) is 11.6 Å². The van der Waals surface area contributed by atoms with Crippen molar-refractivity contribution in [2.75, 3.05) is 18.4 Å². The van der Waals surface area contributed by atoms with Crippen LogP contribution in [0.2, 0.25) is 0 Å². The maximum Gasteiger partial charge on any atom is 0.286 e. The van der Waals surface area contributed by atoms with Crippen molar-refractivity contribution < 1.29 is 17.5 Å². The van der Waals surface area contributed by atoms with Gasteiger partial charge >= 0.3 is 0 Å². The molecule has 17 heavy (non-hydrogen) atoms. The number of nitrogens with zero attached hydrogens (tertiary/aromatic N) is 1. The maximum atomic E-state index is 13.0. The van der Waals surface area contributed by atoms with Crippen LogP contribution in [0.5, 0.6) is 0 Å². The molecule has 1 aromatic rings. The Morgan fingerprint density at radius 1 is 1.53 bits per heavy atom. The summed E-state index contributed by atoms with van der Waals surface area (Å²) >= 11 is 1.11. The number of thioether (sulfide) groups is 1. The van der Waals surface area contributed by atoms with Gasteiger partial charge in [0.15, 0.2) is 5.17 Å². The Labute approximate surface area is 102 Å². The van der Waals surface area contributed by atoms with E-state index in [1.807, 2.05) is 0 Å². The number of amidine groups is 1. The molecule has 0 radical (unpaired) electrons. The highest BCUT2D eigenvalue weighted by Gasteiger charge is 2.25. The number of benzene rings is 1. The van der Waals surface area contributed by atoms with Crippen LogP contribution in [0.25, 0.3) is 0 Å². The summed E-state index contributed by atoms with van der Waals surface area (Å²) in [6, 6.07) is 3.49. The summed E-state index contributed by atoms with van der Waals surface area (Å²) in [4.78, 5) is -0.153. The minimum atomic E-state index is -3.84. The van der Waals surface area contributed by atoms with Gasteiger partial charge in [0.25, 0.3) is 10.0 Å². The van der Waals surface area contributed by atoms with E-state index in [4.69, 9.17) is 4.74 Å². The SMILES string of the molecule is COCSC1=NS(=O)(=O)c2cc(F)ccc2N1. The van der Waals surface area contributed by atoms with E-state index in [0.717, 1.165) is 17.8 Å². The van der Waals surface area contributed by atoms with Crippen molar-refractivity contribution in [3.63, 3.8) is 0 Å². The maximum absolute atomic E-state index is 13.0. The van der Waals surface area contributed by atoms with E-state index >= 15 is 0 Å². The first-order valence-corrected chi connectivity index (χ1v) is 6.99. The molecule has 0 bridgehead atoms. The quantitative estimate of drug-likeness (QED) is 0.832. The summed E-state index contributed by atoms with van der Waals surface area (Å²) < 4.78 is 44.8. The fourth-order valence-corrected chi connectivity index (χ4v) is 3.22. The topological polar surface area (TPSA) is 67.8 Å². The molecule has 1 heterocycles. The third-order valence-electron chi connectivity index (χ3n) is 1.98. The summed E-state index contributed by atoms with van der Waals surface area (Å²) in [5.41, 5.74) is 0.319. The molecule has 2 rings (SSSR count). The van der Waals surface area contributed by atoms with Gasteiger partial charge in [-0.1, -0.05) is 11.8 Å². The Bertz CT molecular complexity index is 572. The van der Waals surface area contributed by atoms with Gasteiger partial charge in [-0.2, -0.15) is 8.42 Å². The monoisotopic (exact) mass is 276 g/mol. The first kappa shape index (κ1) is 12.3. The molecule has 1 N–H and O–H groups in total. The van der Waals surface area contributed by atoms with Gasteiger partial charge in [-0.05, 0) is 18.2 Å². The highest BCUT2D eigenvalue weighted by Crippen LogP contribution is 2.29. The molecule has 0 spiro atoms. The number of hydrogen-bond donors (Lipinski definition) is 1. The van der Waals surface area contributed by atoms with Gasteiger partial charge in [-0.15, -0.1) is 4.40 Å². The zero-order valence-electron chi connectivity index (χ0n) is 8.81. The van der Waals surface area contributed by atoms with Crippen LogP contribution in [0.15, 0.2) is 27.5 Å². The van der Waals surface area contributed by atoms with Crippen molar-refractivity contribution in [3.05, 3.63) is 24.0 Å². The molecule has 92 valence electrons. The molecular weight excluding hydrogens is 267 g/mol. The number of hydrogen-bond acceptors (Lipinski definition) is 5. The van der Waals surface area contributed by atoms with E-state index in [1.165, 1.54) is 19.2 Å². The highest BCUT2D eigenvalue weighted by molar-refractivity contribution is 8.14. The van der Waals surface area contributed by atoms with Crippen molar-refractivity contribution in [2.45, 2.75) is 4.90 Å². The van der Waals surface area contributed by atoms with Gasteiger partial charge in [0.1, 0.15) is 10.7 Å². The van der Waals surface area contributed by atoms with Crippen LogP contribution >= 0.6 is 11.8 Å². The molecule has 0 unspecified atom stereocenters. The first-order chi connectivity index (χ1) is 8.03. The Morgan fingerprint density at radius 2 is 2.29 bits per heavy atom. The minimum absolute atomic E-state index is 0.153. The lowest BCUT2D eigenvalue weighted by atomic mass is 10.3. The zero-order chi connectivity index (χ0) is 12.5. The predicted molar refractivity (Wildman–Crippen MR) is 64.1 cm³/mol. The van der Waals surface area contributed by atoms with Crippen LogP contribution in [0.3, 0.4) is 0 Å². The van der Waals surface area contributed by atoms with Crippen LogP contribution < -0.4 is 5.32 Å². The lowest BCUT2D eigenvalue weighted by Crippen LogP contribution is -2.19. The number of rotatable bonds is 2. The van der Waals surface area contributed by atoms with Crippen LogP contribution in [-0.2, 0) is 14.8 Å². The van der Waals surface area contributed by atoms with Crippen LogP contribution in [0.4, 0.5) is 10.1 Å². The van der Waals surface area contributed by atoms with E-state index in [9.17, 15) is 12.8 Å². The highest BCUT2D eigenvalue weighted by atomic mass is 32.2. The molecular formula is C9H9FN2O3S2. The second-order valence-corrected chi connectivity index (χ2v) is 5.67. The molecule has 0 aromatic heterocycles. The lowest BCUT2D eigenvalue weighted by molar-refractivity contribution is 0.259. The van der Waals surface area contributed by atoms with Gasteiger partial charge in [0, 0.05) is 7.11 Å². The van der Waals surface area contributed by atoms with E-state index in [1.54, 1.807) is 0 Å². The fraction of sp³-hybridized carbons (Fsp3) is 0.222. The average Bonchev–Trinajstić information content (AvgIpc) is 2.27. The van der Waals surface area contributed by atoms with Crippen LogP contribution in [0.1, 0.15) is 0 Å². The van der Waals surface area contributed by atoms with Gasteiger partial charge in [0.2, 0.25) is 0 Å². The molecule has 0 atom stereocenters. The predicted octanol–water partition coefficient (Wildman–Crippen LogP) is 1.63. The molecule has 0 saturated carbocycles. The van der Waals surface area contributed by atoms with Crippen LogP contribution in [0, 0.1) is 5.82 Å². The minimum Gasteiger partial charge on any atom is -0.374 e. The lowest BCUT2D eigenvalue weighted by Gasteiger charge is -2.17. The number of sulfonamides is 1. The van der Waals surface area contributed by atoms with Crippen molar-refractivity contribution in [2.24, 2.45) is 4.40 Å². The number of nitrogens with one attached hydrogen (secondary N) is 1. The number of methoxy groups -OCH3 is 1. The smallest absolute Gasteiger partial charge is 0.286 e. The Kier molecular flexibility index (Phi) is 3.36. The molecule has 1 aliphatic heterocycles. The number of fused-ring (bicyclic) bond motifs is 1. The zero-order valence-corrected chi connectivity index (χ0v) is 10.4. The molecule has 8 heteroatoms. The Morgan fingerprint density at radius 3 is 3.00 bits per heavy atom. The second kappa shape index (κ2) is 4.63. The molecule has 1 aliphatic rings. The van der Waals surface area contributed by atoms with Crippen molar-refractivity contribution in [1.82, 2.24) is 0 Å². The molecule has 0 aliphatic carbocycles. The van der Waals surface area contributed by atoms with Gasteiger partial charge in [-0.3, -0.25) is 0 Å². The number of ether oxygens (including phenoxy) is 1. The number of halogens is 1. The molecule has 0 amide bonds. The molecule has 0 fully saturated rings. The fourth-order valence-electron chi connectivity index (χ4n) is 1.29. The Hall–Kier alpha value is -1.12. The third-order valence-corrected chi connectivity index (χ3v) is 4.23. The van der Waals surface area contributed by atoms with Crippen molar-refractivity contribution in [1.29, 1.82) is 0 Å². The number of anilines is 1. The van der Waals surface area contributed by atoms with E-state index in [2.05, 4.69) is 9.71 Å². The summed E-state index contributed by atoms with van der Waals surface area (Å²) in [5, 5.41) is 3.02. The van der Waals surface area contributed by atoms with E-state index in [-0.39, 0.29) is 16.0 Å². The summed E-state index contributed by atoms with van der Waals surface area (Å²) in [7, 11) is -2.34. The normalized spacial score (nSPS) is 16.9. The second-order valence-electron chi connectivity index (χ2n) is 3.19. The van der Waals surface area contributed by atoms with E-state index < -0.39 is 15.8 Å². The molecule has 1 aromatic carbocycles. The molecule has 0 saturated heterocycles. The van der Waals surface area contributed by atoms with Crippen molar-refractivity contribution in [3.8, 4) is 0 Å². The molecule has 5 nitrogen and oxygen atoms in total. The first-order valence-electron chi connectivity index (χ1n) is 4.56. The van der Waals surface area contributed by atoms with E-state index in [0.29, 0.717) is 5.69 Å². The summed E-state index contributed by atoms with van der Waals surface area (Å²) in [5.74, 6) is -0.338. The van der Waals surface area contributed by atoms with Gasteiger partial charge < -0.3 is 10.1 Å². The van der Waals surface area contributed by atoms with Crippen LogP contribution in [-0.4, -0.2) is 26.6 Å². The van der Waals surface area contributed by atoms with Gasteiger partial charge in [-0.25, -0.2) is 4.39 Å². The standard InChI is InChI=1S/C9H9FN2O3S2/c1-15-5-16-9-11-7-3-2-6(10)4-8(7)17(13,14)12-9/h2-4H,5H2,1H3,(H,11,12).